The summed E-state index contributed by atoms with van der Waals surface area (Å²) in [4.78, 5) is 16.6. The fraction of sp³-hybridized carbons (Fsp3) is 0.250. The van der Waals surface area contributed by atoms with Crippen LogP contribution in [0.25, 0.3) is 5.65 Å². The zero-order valence-corrected chi connectivity index (χ0v) is 14.4. The number of nitrogens with one attached hydrogen (secondary N) is 1. The van der Waals surface area contributed by atoms with E-state index in [1.165, 1.54) is 11.8 Å². The molecule has 1 N–H and O–H groups in total. The Morgan fingerprint density at radius 3 is 2.88 bits per heavy atom. The van der Waals surface area contributed by atoms with Crippen molar-refractivity contribution in [2.45, 2.75) is 19.0 Å². The van der Waals surface area contributed by atoms with Crippen molar-refractivity contribution in [3.63, 3.8) is 0 Å². The van der Waals surface area contributed by atoms with Gasteiger partial charge in [-0.1, -0.05) is 23.9 Å². The standard InChI is InChI=1S/C16H17N5O2S/c1-10-8-14-19-20-16(21(14)11(2)17-10)24-9-15(22)18-12-6-4-5-7-13(12)23-3/h4-8H,9H2,1-3H3,(H,18,22). The van der Waals surface area contributed by atoms with E-state index in [9.17, 15) is 4.79 Å². The normalized spacial score (nSPS) is 10.8. The SMILES string of the molecule is COc1ccccc1NC(=O)CSc1nnc2cc(C)nc(C)n12. The predicted octanol–water partition coefficient (Wildman–Crippen LogP) is 2.48. The van der Waals surface area contributed by atoms with Crippen molar-refractivity contribution in [2.75, 3.05) is 18.2 Å². The number of rotatable bonds is 5. The Morgan fingerprint density at radius 2 is 2.08 bits per heavy atom. The second kappa shape index (κ2) is 6.88. The molecule has 0 aliphatic rings. The van der Waals surface area contributed by atoms with E-state index in [-0.39, 0.29) is 11.7 Å². The highest BCUT2D eigenvalue weighted by Crippen LogP contribution is 2.24. The van der Waals surface area contributed by atoms with Gasteiger partial charge in [-0.05, 0) is 26.0 Å². The summed E-state index contributed by atoms with van der Waals surface area (Å²) >= 11 is 1.31. The van der Waals surface area contributed by atoms with Crippen molar-refractivity contribution in [3.05, 3.63) is 41.9 Å². The summed E-state index contributed by atoms with van der Waals surface area (Å²) in [5.41, 5.74) is 2.26. The average Bonchev–Trinajstić information content (AvgIpc) is 2.96. The lowest BCUT2D eigenvalue weighted by Crippen LogP contribution is -2.15. The fourth-order valence-corrected chi connectivity index (χ4v) is 3.15. The first-order chi connectivity index (χ1) is 11.6. The molecule has 0 spiro atoms. The molecule has 8 heteroatoms. The van der Waals surface area contributed by atoms with Crippen molar-refractivity contribution in [1.82, 2.24) is 19.6 Å². The number of anilines is 1. The van der Waals surface area contributed by atoms with Crippen molar-refractivity contribution in [2.24, 2.45) is 0 Å². The van der Waals surface area contributed by atoms with Gasteiger partial charge in [-0.2, -0.15) is 0 Å². The number of hydrogen-bond donors (Lipinski definition) is 1. The number of nitrogens with zero attached hydrogens (tertiary/aromatic N) is 4. The summed E-state index contributed by atoms with van der Waals surface area (Å²) in [7, 11) is 1.57. The monoisotopic (exact) mass is 343 g/mol. The molecule has 3 aromatic rings. The lowest BCUT2D eigenvalue weighted by molar-refractivity contribution is -0.113. The molecule has 0 saturated carbocycles. The maximum absolute atomic E-state index is 12.2. The van der Waals surface area contributed by atoms with Crippen molar-refractivity contribution in [1.29, 1.82) is 0 Å². The second-order valence-corrected chi connectivity index (χ2v) is 6.10. The number of ether oxygens (including phenoxy) is 1. The van der Waals surface area contributed by atoms with Crippen LogP contribution in [0.2, 0.25) is 0 Å². The Balaban J connectivity index is 1.71. The van der Waals surface area contributed by atoms with Crippen LogP contribution in [0, 0.1) is 13.8 Å². The Labute approximate surface area is 143 Å². The third-order valence-electron chi connectivity index (χ3n) is 3.37. The summed E-state index contributed by atoms with van der Waals surface area (Å²) < 4.78 is 7.07. The van der Waals surface area contributed by atoms with E-state index in [1.54, 1.807) is 19.2 Å². The number of aromatic nitrogens is 4. The summed E-state index contributed by atoms with van der Waals surface area (Å²) in [6.07, 6.45) is 0. The number of methoxy groups -OCH3 is 1. The molecule has 0 bridgehead atoms. The first-order valence-corrected chi connectivity index (χ1v) is 8.32. The zero-order chi connectivity index (χ0) is 17.1. The fourth-order valence-electron chi connectivity index (χ4n) is 2.36. The minimum absolute atomic E-state index is 0.140. The number of carbonyl (C=O) groups excluding carboxylic acids is 1. The van der Waals surface area contributed by atoms with E-state index in [1.807, 2.05) is 36.4 Å². The summed E-state index contributed by atoms with van der Waals surface area (Å²) in [6, 6.07) is 9.15. The van der Waals surface area contributed by atoms with Gasteiger partial charge in [0.15, 0.2) is 10.8 Å². The van der Waals surface area contributed by atoms with E-state index in [0.717, 1.165) is 17.2 Å². The van der Waals surface area contributed by atoms with Crippen molar-refractivity contribution >= 4 is 29.0 Å². The number of thioether (sulfide) groups is 1. The van der Waals surface area contributed by atoms with Crippen molar-refractivity contribution in [3.8, 4) is 5.75 Å². The number of aryl methyl sites for hydroxylation is 2. The highest BCUT2D eigenvalue weighted by atomic mass is 32.2. The minimum atomic E-state index is -0.140. The zero-order valence-electron chi connectivity index (χ0n) is 13.6. The molecule has 0 aliphatic heterocycles. The van der Waals surface area contributed by atoms with Crippen molar-refractivity contribution < 1.29 is 9.53 Å². The first kappa shape index (κ1) is 16.3. The molecule has 1 amide bonds. The first-order valence-electron chi connectivity index (χ1n) is 7.33. The molecule has 0 saturated heterocycles. The molecule has 24 heavy (non-hydrogen) atoms. The molecule has 1 aromatic carbocycles. The van der Waals surface area contributed by atoms with E-state index in [4.69, 9.17) is 4.74 Å². The van der Waals surface area contributed by atoms with Gasteiger partial charge in [0.2, 0.25) is 5.91 Å². The molecular weight excluding hydrogens is 326 g/mol. The van der Waals surface area contributed by atoms with Gasteiger partial charge in [-0.3, -0.25) is 9.20 Å². The van der Waals surface area contributed by atoms with Crippen LogP contribution in [0.15, 0.2) is 35.5 Å². The summed E-state index contributed by atoms with van der Waals surface area (Å²) in [5.74, 6) is 1.49. The molecule has 0 atom stereocenters. The van der Waals surface area contributed by atoms with Crippen LogP contribution in [-0.2, 0) is 4.79 Å². The lowest BCUT2D eigenvalue weighted by atomic mass is 10.3. The molecule has 0 aliphatic carbocycles. The molecule has 2 heterocycles. The molecule has 124 valence electrons. The molecule has 7 nitrogen and oxygen atoms in total. The molecular formula is C16H17N5O2S. The molecule has 2 aromatic heterocycles. The maximum atomic E-state index is 12.2. The summed E-state index contributed by atoms with van der Waals surface area (Å²) in [5, 5.41) is 11.8. The third-order valence-corrected chi connectivity index (χ3v) is 4.30. The van der Waals surface area contributed by atoms with E-state index in [0.29, 0.717) is 16.6 Å². The highest BCUT2D eigenvalue weighted by Gasteiger charge is 2.13. The van der Waals surface area contributed by atoms with E-state index < -0.39 is 0 Å². The number of benzene rings is 1. The molecule has 0 unspecified atom stereocenters. The highest BCUT2D eigenvalue weighted by molar-refractivity contribution is 7.99. The van der Waals surface area contributed by atoms with Crippen LogP contribution >= 0.6 is 11.8 Å². The number of hydrogen-bond acceptors (Lipinski definition) is 6. The topological polar surface area (TPSA) is 81.4 Å². The summed E-state index contributed by atoms with van der Waals surface area (Å²) in [6.45, 7) is 3.80. The van der Waals surface area contributed by atoms with Gasteiger partial charge in [0, 0.05) is 11.8 Å². The Hall–Kier alpha value is -2.61. The van der Waals surface area contributed by atoms with Crippen LogP contribution in [0.1, 0.15) is 11.5 Å². The Bertz CT molecular complexity index is 893. The van der Waals surface area contributed by atoms with Gasteiger partial charge in [-0.15, -0.1) is 10.2 Å². The van der Waals surface area contributed by atoms with Gasteiger partial charge >= 0.3 is 0 Å². The number of amides is 1. The van der Waals surface area contributed by atoms with Crippen LogP contribution in [0.3, 0.4) is 0 Å². The van der Waals surface area contributed by atoms with Crippen LogP contribution in [-0.4, -0.2) is 38.4 Å². The Kier molecular flexibility index (Phi) is 4.66. The number of carbonyl (C=O) groups is 1. The number of para-hydroxylation sites is 2. The maximum Gasteiger partial charge on any atom is 0.234 e. The van der Waals surface area contributed by atoms with E-state index in [2.05, 4.69) is 20.5 Å². The molecule has 3 rings (SSSR count). The van der Waals surface area contributed by atoms with Gasteiger partial charge < -0.3 is 10.1 Å². The number of fused-ring (bicyclic) bond motifs is 1. The lowest BCUT2D eigenvalue weighted by Gasteiger charge is -2.09. The second-order valence-electron chi connectivity index (χ2n) is 5.16. The van der Waals surface area contributed by atoms with Gasteiger partial charge in [0.1, 0.15) is 11.6 Å². The van der Waals surface area contributed by atoms with Crippen LogP contribution in [0.5, 0.6) is 5.75 Å². The van der Waals surface area contributed by atoms with Gasteiger partial charge in [0.05, 0.1) is 18.6 Å². The minimum Gasteiger partial charge on any atom is -0.495 e. The molecule has 0 radical (unpaired) electrons. The van der Waals surface area contributed by atoms with Gasteiger partial charge in [-0.25, -0.2) is 4.98 Å². The quantitative estimate of drug-likeness (QED) is 0.717. The largest absolute Gasteiger partial charge is 0.495 e. The smallest absolute Gasteiger partial charge is 0.234 e. The molecule has 0 fully saturated rings. The van der Waals surface area contributed by atoms with Gasteiger partial charge in [0.25, 0.3) is 0 Å². The predicted molar refractivity (Wildman–Crippen MR) is 92.6 cm³/mol. The van der Waals surface area contributed by atoms with Crippen LogP contribution < -0.4 is 10.1 Å². The average molecular weight is 343 g/mol. The third kappa shape index (κ3) is 3.33. The van der Waals surface area contributed by atoms with E-state index >= 15 is 0 Å². The Morgan fingerprint density at radius 1 is 1.29 bits per heavy atom. The van der Waals surface area contributed by atoms with Crippen LogP contribution in [0.4, 0.5) is 5.69 Å².